The fraction of sp³-hybridized carbons (Fsp3) is 0.138. The Kier molecular flexibility index (Phi) is 6.20. The van der Waals surface area contributed by atoms with Gasteiger partial charge in [-0.3, -0.25) is 4.79 Å². The third-order valence-electron chi connectivity index (χ3n) is 5.43. The summed E-state index contributed by atoms with van der Waals surface area (Å²) in [5.41, 5.74) is 8.49. The van der Waals surface area contributed by atoms with E-state index in [1.165, 1.54) is 27.8 Å². The predicted molar refractivity (Wildman–Crippen MR) is 125 cm³/mol. The average Bonchev–Trinajstić information content (AvgIpc) is 2.75. The van der Waals surface area contributed by atoms with Gasteiger partial charge in [-0.2, -0.15) is 0 Å². The van der Waals surface area contributed by atoms with Crippen LogP contribution in [0.3, 0.4) is 0 Å². The van der Waals surface area contributed by atoms with Crippen LogP contribution in [0.25, 0.3) is 11.1 Å². The van der Waals surface area contributed by atoms with Gasteiger partial charge in [-0.15, -0.1) is 0 Å². The summed E-state index contributed by atoms with van der Waals surface area (Å²) in [4.78, 5) is 12.5. The maximum atomic E-state index is 12.5. The van der Waals surface area contributed by atoms with Crippen LogP contribution < -0.4 is 0 Å². The van der Waals surface area contributed by atoms with Gasteiger partial charge < -0.3 is 0 Å². The molecule has 148 valence electrons. The molecule has 0 N–H and O–H groups in total. The van der Waals surface area contributed by atoms with Crippen LogP contribution in [0.1, 0.15) is 27.8 Å². The summed E-state index contributed by atoms with van der Waals surface area (Å²) in [6.07, 6.45) is 1.83. The van der Waals surface area contributed by atoms with Crippen molar-refractivity contribution < 1.29 is 4.79 Å². The number of hydrogen-bond donors (Lipinski definition) is 0. The van der Waals surface area contributed by atoms with Gasteiger partial charge in [-0.1, -0.05) is 103 Å². The molecule has 1 nitrogen and oxygen atoms in total. The number of aryl methyl sites for hydroxylation is 1. The number of carbonyl (C=O) groups is 1. The minimum Gasteiger partial charge on any atom is -0.299 e. The molecule has 0 atom stereocenters. The molecule has 0 spiro atoms. The van der Waals surface area contributed by atoms with Crippen molar-refractivity contribution in [1.82, 2.24) is 0 Å². The Hall–Kier alpha value is -3.45. The van der Waals surface area contributed by atoms with Crippen molar-refractivity contribution >= 4 is 5.78 Å². The van der Waals surface area contributed by atoms with Gasteiger partial charge in [-0.05, 0) is 52.3 Å². The highest BCUT2D eigenvalue weighted by molar-refractivity contribution is 5.83. The van der Waals surface area contributed by atoms with Gasteiger partial charge in [0.05, 0.1) is 0 Å². The molecule has 1 heteroatoms. The molecule has 0 heterocycles. The van der Waals surface area contributed by atoms with E-state index in [1.54, 1.807) is 0 Å². The quantitative estimate of drug-likeness (QED) is 0.347. The molecule has 0 bridgehead atoms. The summed E-state index contributed by atoms with van der Waals surface area (Å²) in [7, 11) is 0. The minimum absolute atomic E-state index is 0.250. The molecule has 4 aromatic rings. The lowest BCUT2D eigenvalue weighted by Crippen LogP contribution is -2.06. The van der Waals surface area contributed by atoms with E-state index in [2.05, 4.69) is 79.7 Å². The SMILES string of the molecule is Cc1ccccc1-c1cccc(Cc2cccc(CC(=O)Cc3ccccc3)c2)c1. The van der Waals surface area contributed by atoms with Crippen LogP contribution in [-0.2, 0) is 24.1 Å². The number of carbonyl (C=O) groups excluding carboxylic acids is 1. The van der Waals surface area contributed by atoms with Gasteiger partial charge >= 0.3 is 0 Å². The van der Waals surface area contributed by atoms with E-state index < -0.39 is 0 Å². The van der Waals surface area contributed by atoms with Gasteiger partial charge in [0.15, 0.2) is 0 Å². The third kappa shape index (κ3) is 5.12. The summed E-state index contributed by atoms with van der Waals surface area (Å²) >= 11 is 0. The maximum Gasteiger partial charge on any atom is 0.141 e. The molecule has 0 aromatic heterocycles. The molecule has 4 rings (SSSR count). The normalized spacial score (nSPS) is 10.7. The second-order valence-corrected chi connectivity index (χ2v) is 7.89. The fourth-order valence-electron chi connectivity index (χ4n) is 3.94. The Bertz CT molecular complexity index is 1140. The monoisotopic (exact) mass is 390 g/mol. The Morgan fingerprint density at radius 3 is 2.00 bits per heavy atom. The highest BCUT2D eigenvalue weighted by Crippen LogP contribution is 2.25. The van der Waals surface area contributed by atoms with Crippen molar-refractivity contribution in [3.05, 3.63) is 131 Å². The van der Waals surface area contributed by atoms with Crippen LogP contribution in [0.5, 0.6) is 0 Å². The van der Waals surface area contributed by atoms with E-state index in [0.717, 1.165) is 17.5 Å². The molecule has 0 aliphatic heterocycles. The smallest absolute Gasteiger partial charge is 0.141 e. The Balaban J connectivity index is 1.46. The van der Waals surface area contributed by atoms with Gasteiger partial charge in [-0.25, -0.2) is 0 Å². The zero-order valence-electron chi connectivity index (χ0n) is 17.3. The fourth-order valence-corrected chi connectivity index (χ4v) is 3.94. The van der Waals surface area contributed by atoms with Crippen LogP contribution >= 0.6 is 0 Å². The molecule has 0 aliphatic rings. The largest absolute Gasteiger partial charge is 0.299 e. The minimum atomic E-state index is 0.250. The molecule has 0 saturated heterocycles. The van der Waals surface area contributed by atoms with E-state index in [-0.39, 0.29) is 5.78 Å². The molecule has 0 unspecified atom stereocenters. The summed E-state index contributed by atoms with van der Waals surface area (Å²) in [5, 5.41) is 0. The lowest BCUT2D eigenvalue weighted by molar-refractivity contribution is -0.117. The Morgan fingerprint density at radius 1 is 0.600 bits per heavy atom. The second kappa shape index (κ2) is 9.37. The zero-order valence-corrected chi connectivity index (χ0v) is 17.3. The number of hydrogen-bond acceptors (Lipinski definition) is 1. The van der Waals surface area contributed by atoms with Crippen LogP contribution in [0.4, 0.5) is 0 Å². The van der Waals surface area contributed by atoms with Gasteiger partial charge in [0, 0.05) is 12.8 Å². The van der Waals surface area contributed by atoms with Gasteiger partial charge in [0.1, 0.15) is 5.78 Å². The first-order valence-electron chi connectivity index (χ1n) is 10.5. The van der Waals surface area contributed by atoms with Crippen LogP contribution in [0.2, 0.25) is 0 Å². The first-order valence-corrected chi connectivity index (χ1v) is 10.5. The van der Waals surface area contributed by atoms with Crippen molar-refractivity contribution in [3.8, 4) is 11.1 Å². The van der Waals surface area contributed by atoms with Crippen LogP contribution in [0.15, 0.2) is 103 Å². The maximum absolute atomic E-state index is 12.5. The molecule has 0 amide bonds. The highest BCUT2D eigenvalue weighted by Gasteiger charge is 2.07. The van der Waals surface area contributed by atoms with Crippen molar-refractivity contribution in [2.75, 3.05) is 0 Å². The van der Waals surface area contributed by atoms with Crippen molar-refractivity contribution in [2.24, 2.45) is 0 Å². The van der Waals surface area contributed by atoms with Crippen LogP contribution in [-0.4, -0.2) is 5.78 Å². The summed E-state index contributed by atoms with van der Waals surface area (Å²) in [6, 6.07) is 35.6. The Labute approximate surface area is 179 Å². The Morgan fingerprint density at radius 2 is 1.20 bits per heavy atom. The number of rotatable bonds is 7. The van der Waals surface area contributed by atoms with E-state index in [4.69, 9.17) is 0 Å². The van der Waals surface area contributed by atoms with Crippen LogP contribution in [0, 0.1) is 6.92 Å². The molecular formula is C29H26O. The van der Waals surface area contributed by atoms with Crippen molar-refractivity contribution in [1.29, 1.82) is 0 Å². The number of ketones is 1. The zero-order chi connectivity index (χ0) is 20.8. The van der Waals surface area contributed by atoms with Gasteiger partial charge in [0.25, 0.3) is 0 Å². The third-order valence-corrected chi connectivity index (χ3v) is 5.43. The molecular weight excluding hydrogens is 364 g/mol. The molecule has 0 saturated carbocycles. The second-order valence-electron chi connectivity index (χ2n) is 7.89. The lowest BCUT2D eigenvalue weighted by atomic mass is 9.95. The number of Topliss-reactive ketones (excluding diaryl/α,β-unsaturated/α-hetero) is 1. The number of benzene rings is 4. The molecule has 4 aromatic carbocycles. The molecule has 0 radical (unpaired) electrons. The molecule has 0 aliphatic carbocycles. The van der Waals surface area contributed by atoms with E-state index in [9.17, 15) is 4.79 Å². The van der Waals surface area contributed by atoms with Crippen molar-refractivity contribution in [2.45, 2.75) is 26.2 Å². The lowest BCUT2D eigenvalue weighted by Gasteiger charge is -2.09. The standard InChI is InChI=1S/C29H26O/c1-22-9-5-6-16-29(22)27-15-8-14-25(19-27)17-24-12-7-13-26(18-24)21-28(30)20-23-10-3-2-4-11-23/h2-16,18-19H,17,20-21H2,1H3. The highest BCUT2D eigenvalue weighted by atomic mass is 16.1. The molecule has 30 heavy (non-hydrogen) atoms. The summed E-state index contributed by atoms with van der Waals surface area (Å²) < 4.78 is 0. The van der Waals surface area contributed by atoms with Gasteiger partial charge in [0.2, 0.25) is 0 Å². The molecule has 0 fully saturated rings. The predicted octanol–water partition coefficient (Wildman–Crippen LogP) is 6.61. The van der Waals surface area contributed by atoms with Crippen molar-refractivity contribution in [3.63, 3.8) is 0 Å². The summed E-state index contributed by atoms with van der Waals surface area (Å²) in [6.45, 7) is 2.15. The van der Waals surface area contributed by atoms with E-state index in [0.29, 0.717) is 12.8 Å². The topological polar surface area (TPSA) is 17.1 Å². The first-order chi connectivity index (χ1) is 14.7. The first kappa shape index (κ1) is 19.8. The van der Waals surface area contributed by atoms with E-state index in [1.807, 2.05) is 30.3 Å². The van der Waals surface area contributed by atoms with E-state index >= 15 is 0 Å². The average molecular weight is 391 g/mol. The summed E-state index contributed by atoms with van der Waals surface area (Å²) in [5.74, 6) is 0.250.